The van der Waals surface area contributed by atoms with Gasteiger partial charge in [-0.25, -0.2) is 0 Å². The first-order valence-corrected chi connectivity index (χ1v) is 6.98. The van der Waals surface area contributed by atoms with Gasteiger partial charge in [0.1, 0.15) is 0 Å². The lowest BCUT2D eigenvalue weighted by Gasteiger charge is -2.32. The summed E-state index contributed by atoms with van der Waals surface area (Å²) in [5.41, 5.74) is 5.55. The van der Waals surface area contributed by atoms with Crippen LogP contribution in [0.5, 0.6) is 0 Å². The van der Waals surface area contributed by atoms with Crippen LogP contribution in [0.25, 0.3) is 0 Å². The zero-order valence-electron chi connectivity index (χ0n) is 10.9. The molecule has 0 aromatic heterocycles. The highest BCUT2D eigenvalue weighted by atomic mass is 16.5. The van der Waals surface area contributed by atoms with Crippen LogP contribution >= 0.6 is 0 Å². The molecule has 3 nitrogen and oxygen atoms in total. The smallest absolute Gasteiger partial charge is 0.313 e. The van der Waals surface area contributed by atoms with E-state index in [1.165, 1.54) is 45.6 Å². The molecule has 2 N–H and O–H groups in total. The lowest BCUT2D eigenvalue weighted by molar-refractivity contribution is -0.154. The van der Waals surface area contributed by atoms with Gasteiger partial charge >= 0.3 is 5.97 Å². The summed E-state index contributed by atoms with van der Waals surface area (Å²) in [5.74, 6) is 1.34. The van der Waals surface area contributed by atoms with Crippen molar-refractivity contribution in [2.24, 2.45) is 23.0 Å². The first-order chi connectivity index (χ1) is 8.20. The second kappa shape index (κ2) is 5.38. The number of hydrogen-bond donors (Lipinski definition) is 1. The Balaban J connectivity index is 2.04. The van der Waals surface area contributed by atoms with E-state index < -0.39 is 0 Å². The highest BCUT2D eigenvalue weighted by Crippen LogP contribution is 2.45. The van der Waals surface area contributed by atoms with Crippen LogP contribution in [-0.2, 0) is 9.53 Å². The van der Waals surface area contributed by atoms with Crippen molar-refractivity contribution in [1.29, 1.82) is 0 Å². The summed E-state index contributed by atoms with van der Waals surface area (Å²) in [5, 5.41) is 0. The fourth-order valence-electron chi connectivity index (χ4n) is 3.36. The van der Waals surface area contributed by atoms with Crippen LogP contribution in [0.1, 0.15) is 51.4 Å². The maximum Gasteiger partial charge on any atom is 0.313 e. The second-order valence-corrected chi connectivity index (χ2v) is 5.98. The Hall–Kier alpha value is -0.570. The molecule has 2 saturated carbocycles. The van der Waals surface area contributed by atoms with Gasteiger partial charge in [-0.15, -0.1) is 0 Å². The molecule has 0 amide bonds. The van der Waals surface area contributed by atoms with E-state index in [1.807, 2.05) is 0 Å². The zero-order chi connectivity index (χ0) is 12.3. The number of nitrogens with two attached hydrogens (primary N) is 1. The van der Waals surface area contributed by atoms with Gasteiger partial charge in [-0.05, 0) is 24.7 Å². The van der Waals surface area contributed by atoms with E-state index in [9.17, 15) is 4.79 Å². The Morgan fingerprint density at radius 1 is 1.18 bits per heavy atom. The van der Waals surface area contributed by atoms with Gasteiger partial charge in [0, 0.05) is 6.54 Å². The number of carbonyl (C=O) groups is 1. The summed E-state index contributed by atoms with van der Waals surface area (Å²) in [4.78, 5) is 12.1. The minimum absolute atomic E-state index is 0.0706. The number of carbonyl (C=O) groups excluding carboxylic acids is 1. The van der Waals surface area contributed by atoms with Crippen molar-refractivity contribution in [3.63, 3.8) is 0 Å². The maximum atomic E-state index is 12.1. The molecule has 0 aliphatic heterocycles. The fourth-order valence-corrected chi connectivity index (χ4v) is 3.36. The van der Waals surface area contributed by atoms with E-state index in [-0.39, 0.29) is 11.4 Å². The quantitative estimate of drug-likeness (QED) is 0.724. The van der Waals surface area contributed by atoms with Crippen molar-refractivity contribution < 1.29 is 9.53 Å². The molecule has 0 heterocycles. The molecule has 0 bridgehead atoms. The van der Waals surface area contributed by atoms with E-state index >= 15 is 0 Å². The molecular weight excluding hydrogens is 214 g/mol. The molecule has 0 radical (unpaired) electrons. The van der Waals surface area contributed by atoms with Crippen molar-refractivity contribution >= 4 is 5.97 Å². The van der Waals surface area contributed by atoms with Crippen LogP contribution in [0.4, 0.5) is 0 Å². The fraction of sp³-hybridized carbons (Fsp3) is 0.929. The van der Waals surface area contributed by atoms with Crippen molar-refractivity contribution in [3.8, 4) is 0 Å². The van der Waals surface area contributed by atoms with Crippen molar-refractivity contribution in [1.82, 2.24) is 0 Å². The van der Waals surface area contributed by atoms with Crippen molar-refractivity contribution in [2.45, 2.75) is 51.4 Å². The maximum absolute atomic E-state index is 12.1. The van der Waals surface area contributed by atoms with Gasteiger partial charge in [-0.2, -0.15) is 0 Å². The predicted octanol–water partition coefficient (Wildman–Crippen LogP) is 2.48. The summed E-state index contributed by atoms with van der Waals surface area (Å²) in [6.45, 7) is 0.451. The van der Waals surface area contributed by atoms with Crippen molar-refractivity contribution in [2.75, 3.05) is 13.7 Å². The standard InChI is InChI=1S/C14H25NO2/c1-17-13(16)14(10-15,9-12-6-7-12)8-11-4-2-3-5-11/h11-12H,2-10,15H2,1H3. The van der Waals surface area contributed by atoms with Gasteiger partial charge in [0.2, 0.25) is 0 Å². The molecule has 98 valence electrons. The minimum Gasteiger partial charge on any atom is -0.469 e. The molecule has 2 rings (SSSR count). The second-order valence-electron chi connectivity index (χ2n) is 5.98. The van der Waals surface area contributed by atoms with Crippen LogP contribution in [0.3, 0.4) is 0 Å². The molecule has 3 heteroatoms. The summed E-state index contributed by atoms with van der Waals surface area (Å²) < 4.78 is 5.03. The van der Waals surface area contributed by atoms with Crippen molar-refractivity contribution in [3.05, 3.63) is 0 Å². The Bertz CT molecular complexity index is 269. The molecule has 0 aromatic rings. The molecule has 0 aromatic carbocycles. The number of ether oxygens (including phenoxy) is 1. The van der Waals surface area contributed by atoms with Gasteiger partial charge in [0.05, 0.1) is 12.5 Å². The third-order valence-electron chi connectivity index (χ3n) is 4.54. The molecule has 2 aliphatic carbocycles. The highest BCUT2D eigenvalue weighted by molar-refractivity contribution is 5.77. The Kier molecular flexibility index (Phi) is 4.08. The summed E-state index contributed by atoms with van der Waals surface area (Å²) in [7, 11) is 1.49. The average molecular weight is 239 g/mol. The Morgan fingerprint density at radius 2 is 1.71 bits per heavy atom. The van der Waals surface area contributed by atoms with Gasteiger partial charge in [-0.3, -0.25) is 4.79 Å². The van der Waals surface area contributed by atoms with E-state index in [0.717, 1.165) is 18.8 Å². The lowest BCUT2D eigenvalue weighted by atomic mass is 9.74. The first-order valence-electron chi connectivity index (χ1n) is 6.98. The average Bonchev–Trinajstić information content (AvgIpc) is 3.01. The largest absolute Gasteiger partial charge is 0.469 e. The highest BCUT2D eigenvalue weighted by Gasteiger charge is 2.44. The van der Waals surface area contributed by atoms with Crippen LogP contribution in [0.15, 0.2) is 0 Å². The summed E-state index contributed by atoms with van der Waals surface area (Å²) in [6, 6.07) is 0. The van der Waals surface area contributed by atoms with Gasteiger partial charge in [0.15, 0.2) is 0 Å². The van der Waals surface area contributed by atoms with Gasteiger partial charge < -0.3 is 10.5 Å². The molecule has 0 saturated heterocycles. The summed E-state index contributed by atoms with van der Waals surface area (Å²) >= 11 is 0. The van der Waals surface area contributed by atoms with Crippen LogP contribution in [0, 0.1) is 17.3 Å². The number of methoxy groups -OCH3 is 1. The van der Waals surface area contributed by atoms with Crippen LogP contribution in [-0.4, -0.2) is 19.6 Å². The number of esters is 1. The molecule has 1 atom stereocenters. The predicted molar refractivity (Wildman–Crippen MR) is 67.4 cm³/mol. The van der Waals surface area contributed by atoms with E-state index in [2.05, 4.69) is 0 Å². The Morgan fingerprint density at radius 3 is 2.12 bits per heavy atom. The van der Waals surface area contributed by atoms with E-state index in [4.69, 9.17) is 10.5 Å². The third kappa shape index (κ3) is 3.01. The third-order valence-corrected chi connectivity index (χ3v) is 4.54. The topological polar surface area (TPSA) is 52.3 Å². The first kappa shape index (κ1) is 12.9. The summed E-state index contributed by atoms with van der Waals surface area (Å²) in [6.07, 6.45) is 9.60. The monoisotopic (exact) mass is 239 g/mol. The van der Waals surface area contributed by atoms with Crippen LogP contribution in [0.2, 0.25) is 0 Å². The molecule has 0 spiro atoms. The lowest BCUT2D eigenvalue weighted by Crippen LogP contribution is -2.41. The minimum atomic E-state index is -0.384. The molecule has 1 unspecified atom stereocenters. The number of rotatable bonds is 6. The van der Waals surface area contributed by atoms with Gasteiger partial charge in [-0.1, -0.05) is 38.5 Å². The van der Waals surface area contributed by atoms with Crippen LogP contribution < -0.4 is 5.73 Å². The van der Waals surface area contributed by atoms with E-state index in [0.29, 0.717) is 12.5 Å². The normalized spacial score (nSPS) is 24.6. The molecule has 2 aliphatic rings. The number of hydrogen-bond acceptors (Lipinski definition) is 3. The molecular formula is C14H25NO2. The SMILES string of the molecule is COC(=O)C(CN)(CC1CCCC1)CC1CC1. The van der Waals surface area contributed by atoms with Gasteiger partial charge in [0.25, 0.3) is 0 Å². The molecule has 2 fully saturated rings. The molecule has 17 heavy (non-hydrogen) atoms. The zero-order valence-corrected chi connectivity index (χ0v) is 10.9. The Labute approximate surface area is 104 Å². The van der Waals surface area contributed by atoms with E-state index in [1.54, 1.807) is 0 Å².